The van der Waals surface area contributed by atoms with Crippen LogP contribution in [0.3, 0.4) is 0 Å². The van der Waals surface area contributed by atoms with Crippen molar-refractivity contribution in [1.82, 2.24) is 4.90 Å². The zero-order valence-electron chi connectivity index (χ0n) is 18.2. The first kappa shape index (κ1) is 21.2. The van der Waals surface area contributed by atoms with Crippen molar-refractivity contribution >= 4 is 23.1 Å². The van der Waals surface area contributed by atoms with Crippen molar-refractivity contribution in [3.8, 4) is 11.5 Å². The highest BCUT2D eigenvalue weighted by Gasteiger charge is 2.39. The number of hydrogen-bond donors (Lipinski definition) is 1. The Morgan fingerprint density at radius 2 is 1.56 bits per heavy atom. The van der Waals surface area contributed by atoms with Crippen LogP contribution in [0.25, 0.3) is 5.57 Å². The maximum atomic E-state index is 13.4. The number of aryl methyl sites for hydroxylation is 1. The number of methoxy groups -OCH3 is 2. The molecule has 32 heavy (non-hydrogen) atoms. The molecule has 0 saturated carbocycles. The summed E-state index contributed by atoms with van der Waals surface area (Å²) in [6.07, 6.45) is 0. The SMILES string of the molecule is COc1ccc(CN2C(=O)C(Nc3cc(C)ccc3OC)=C(c3ccccc3)C2=O)cc1. The van der Waals surface area contributed by atoms with Gasteiger partial charge in [0.05, 0.1) is 32.0 Å². The summed E-state index contributed by atoms with van der Waals surface area (Å²) in [6.45, 7) is 2.11. The molecule has 4 rings (SSSR count). The molecule has 0 radical (unpaired) electrons. The molecule has 1 aliphatic heterocycles. The van der Waals surface area contributed by atoms with Crippen LogP contribution in [0.4, 0.5) is 5.69 Å². The number of imide groups is 1. The van der Waals surface area contributed by atoms with E-state index < -0.39 is 0 Å². The Hall–Kier alpha value is -4.06. The normalized spacial score (nSPS) is 13.5. The third-order valence-corrected chi connectivity index (χ3v) is 5.34. The van der Waals surface area contributed by atoms with E-state index in [0.717, 1.165) is 11.1 Å². The highest BCUT2D eigenvalue weighted by Crippen LogP contribution is 2.34. The monoisotopic (exact) mass is 428 g/mol. The van der Waals surface area contributed by atoms with E-state index in [4.69, 9.17) is 9.47 Å². The smallest absolute Gasteiger partial charge is 0.278 e. The largest absolute Gasteiger partial charge is 0.497 e. The summed E-state index contributed by atoms with van der Waals surface area (Å²) in [6, 6.07) is 22.2. The molecule has 1 aliphatic rings. The van der Waals surface area contributed by atoms with Gasteiger partial charge in [-0.1, -0.05) is 48.5 Å². The molecule has 0 aliphatic carbocycles. The molecule has 0 spiro atoms. The number of ether oxygens (including phenoxy) is 2. The van der Waals surface area contributed by atoms with Crippen LogP contribution in [-0.2, 0) is 16.1 Å². The van der Waals surface area contributed by atoms with Crippen molar-refractivity contribution in [3.63, 3.8) is 0 Å². The lowest BCUT2D eigenvalue weighted by Crippen LogP contribution is -2.32. The first-order valence-electron chi connectivity index (χ1n) is 10.2. The van der Waals surface area contributed by atoms with Gasteiger partial charge in [-0.2, -0.15) is 0 Å². The zero-order chi connectivity index (χ0) is 22.7. The van der Waals surface area contributed by atoms with Gasteiger partial charge in [-0.15, -0.1) is 0 Å². The number of nitrogens with one attached hydrogen (secondary N) is 1. The second-order valence-electron chi connectivity index (χ2n) is 7.49. The fourth-order valence-electron chi connectivity index (χ4n) is 3.68. The van der Waals surface area contributed by atoms with Gasteiger partial charge in [0.1, 0.15) is 17.2 Å². The lowest BCUT2D eigenvalue weighted by molar-refractivity contribution is -0.137. The Bertz CT molecular complexity index is 1180. The molecule has 162 valence electrons. The van der Waals surface area contributed by atoms with Crippen LogP contribution in [0.1, 0.15) is 16.7 Å². The summed E-state index contributed by atoms with van der Waals surface area (Å²) in [5, 5.41) is 3.19. The molecule has 0 unspecified atom stereocenters. The van der Waals surface area contributed by atoms with Crippen LogP contribution in [0.2, 0.25) is 0 Å². The van der Waals surface area contributed by atoms with E-state index in [0.29, 0.717) is 28.3 Å². The van der Waals surface area contributed by atoms with Gasteiger partial charge in [-0.3, -0.25) is 14.5 Å². The second kappa shape index (κ2) is 8.98. The molecule has 6 heteroatoms. The zero-order valence-corrected chi connectivity index (χ0v) is 18.2. The molecule has 1 N–H and O–H groups in total. The lowest BCUT2D eigenvalue weighted by Gasteiger charge is -2.16. The van der Waals surface area contributed by atoms with Gasteiger partial charge >= 0.3 is 0 Å². The minimum absolute atomic E-state index is 0.161. The predicted molar refractivity (Wildman–Crippen MR) is 123 cm³/mol. The van der Waals surface area contributed by atoms with Crippen LogP contribution < -0.4 is 14.8 Å². The third kappa shape index (κ3) is 4.07. The molecular formula is C26H24N2O4. The standard InChI is InChI=1S/C26H24N2O4/c1-17-9-14-22(32-3)21(15-17)27-24-23(19-7-5-4-6-8-19)25(29)28(26(24)30)16-18-10-12-20(31-2)13-11-18/h4-15,27H,16H2,1-3H3. The minimum atomic E-state index is -0.381. The Balaban J connectivity index is 1.73. The van der Waals surface area contributed by atoms with Crippen molar-refractivity contribution in [2.45, 2.75) is 13.5 Å². The van der Waals surface area contributed by atoms with Crippen LogP contribution in [0.15, 0.2) is 78.5 Å². The summed E-state index contributed by atoms with van der Waals surface area (Å²) in [7, 11) is 3.16. The van der Waals surface area contributed by atoms with Crippen LogP contribution in [-0.4, -0.2) is 30.9 Å². The summed E-state index contributed by atoms with van der Waals surface area (Å²) in [5.74, 6) is 0.577. The number of benzene rings is 3. The molecule has 0 bridgehead atoms. The van der Waals surface area contributed by atoms with Crippen LogP contribution in [0.5, 0.6) is 11.5 Å². The third-order valence-electron chi connectivity index (χ3n) is 5.34. The molecule has 6 nitrogen and oxygen atoms in total. The maximum Gasteiger partial charge on any atom is 0.278 e. The van der Waals surface area contributed by atoms with Crippen LogP contribution in [0, 0.1) is 6.92 Å². The fourth-order valence-corrected chi connectivity index (χ4v) is 3.68. The van der Waals surface area contributed by atoms with Gasteiger partial charge in [0.15, 0.2) is 0 Å². The van der Waals surface area contributed by atoms with Gasteiger partial charge < -0.3 is 14.8 Å². The van der Waals surface area contributed by atoms with Gasteiger partial charge in [0.25, 0.3) is 11.8 Å². The van der Waals surface area contributed by atoms with E-state index in [-0.39, 0.29) is 24.1 Å². The average Bonchev–Trinajstić information content (AvgIpc) is 3.04. The lowest BCUT2D eigenvalue weighted by atomic mass is 10.0. The van der Waals surface area contributed by atoms with Crippen LogP contribution >= 0.6 is 0 Å². The predicted octanol–water partition coefficient (Wildman–Crippen LogP) is 4.40. The van der Waals surface area contributed by atoms with Gasteiger partial charge in [0, 0.05) is 0 Å². The van der Waals surface area contributed by atoms with E-state index in [1.54, 1.807) is 14.2 Å². The summed E-state index contributed by atoms with van der Waals surface area (Å²) < 4.78 is 10.6. The van der Waals surface area contributed by atoms with Gasteiger partial charge in [-0.25, -0.2) is 0 Å². The van der Waals surface area contributed by atoms with E-state index in [1.165, 1.54) is 4.90 Å². The first-order valence-corrected chi connectivity index (χ1v) is 10.2. The number of carbonyl (C=O) groups is 2. The first-order chi connectivity index (χ1) is 15.5. The van der Waals surface area contributed by atoms with Crippen molar-refractivity contribution in [2.75, 3.05) is 19.5 Å². The van der Waals surface area contributed by atoms with E-state index in [9.17, 15) is 9.59 Å². The second-order valence-corrected chi connectivity index (χ2v) is 7.49. The average molecular weight is 428 g/mol. The molecular weight excluding hydrogens is 404 g/mol. The van der Waals surface area contributed by atoms with E-state index in [1.807, 2.05) is 79.7 Å². The van der Waals surface area contributed by atoms with Crippen molar-refractivity contribution in [3.05, 3.63) is 95.2 Å². The highest BCUT2D eigenvalue weighted by atomic mass is 16.5. The Kier molecular flexibility index (Phi) is 5.94. The Morgan fingerprint density at radius 1 is 0.844 bits per heavy atom. The van der Waals surface area contributed by atoms with E-state index >= 15 is 0 Å². The summed E-state index contributed by atoms with van der Waals surface area (Å²) in [4.78, 5) is 28.1. The number of rotatable bonds is 7. The number of nitrogens with zero attached hydrogens (tertiary/aromatic N) is 1. The van der Waals surface area contributed by atoms with Gasteiger partial charge in [-0.05, 0) is 47.9 Å². The number of carbonyl (C=O) groups excluding carboxylic acids is 2. The quantitative estimate of drug-likeness (QED) is 0.565. The summed E-state index contributed by atoms with van der Waals surface area (Å²) >= 11 is 0. The summed E-state index contributed by atoms with van der Waals surface area (Å²) in [5.41, 5.74) is 3.71. The molecule has 1 heterocycles. The molecule has 3 aromatic rings. The maximum absolute atomic E-state index is 13.4. The molecule has 0 fully saturated rings. The number of hydrogen-bond acceptors (Lipinski definition) is 5. The van der Waals surface area contributed by atoms with E-state index in [2.05, 4.69) is 5.32 Å². The molecule has 3 aromatic carbocycles. The molecule has 2 amide bonds. The van der Waals surface area contributed by atoms with Crippen molar-refractivity contribution in [2.24, 2.45) is 0 Å². The number of anilines is 1. The highest BCUT2D eigenvalue weighted by molar-refractivity contribution is 6.36. The van der Waals surface area contributed by atoms with Gasteiger partial charge in [0.2, 0.25) is 0 Å². The van der Waals surface area contributed by atoms with Crippen molar-refractivity contribution < 1.29 is 19.1 Å². The topological polar surface area (TPSA) is 67.9 Å². The fraction of sp³-hybridized carbons (Fsp3) is 0.154. The minimum Gasteiger partial charge on any atom is -0.497 e. The molecule has 0 saturated heterocycles. The Labute approximate surface area is 187 Å². The Morgan fingerprint density at radius 3 is 2.22 bits per heavy atom. The number of amides is 2. The molecule has 0 aromatic heterocycles. The molecule has 0 atom stereocenters. The van der Waals surface area contributed by atoms with Crippen molar-refractivity contribution in [1.29, 1.82) is 0 Å².